The van der Waals surface area contributed by atoms with Gasteiger partial charge in [-0.15, -0.1) is 5.10 Å². The molecule has 11 heteroatoms. The van der Waals surface area contributed by atoms with Crippen molar-refractivity contribution in [2.75, 3.05) is 0 Å². The number of aromatic nitrogens is 6. The zero-order chi connectivity index (χ0) is 14.2. The minimum Gasteiger partial charge on any atom is -0.333 e. The third-order valence-corrected chi connectivity index (χ3v) is 4.20. The number of imidazole rings is 1. The van der Waals surface area contributed by atoms with Crippen LogP contribution in [0.3, 0.4) is 0 Å². The van der Waals surface area contributed by atoms with E-state index in [0.717, 1.165) is 0 Å². The zero-order valence-corrected chi connectivity index (χ0v) is 11.4. The third-order valence-electron chi connectivity index (χ3n) is 2.47. The Morgan fingerprint density at radius 1 is 1.35 bits per heavy atom. The van der Waals surface area contributed by atoms with E-state index >= 15 is 0 Å². The molecule has 0 radical (unpaired) electrons. The standard InChI is InChI=1S/C9H8N6O3S2/c16-20(17,18)5-1-2-6-7(3-5)11-9(10-6)19-4-8-12-14-15-13-8/h1-3H,4H2,(H,10,11)(H,16,17,18)(H,12,13,14,15). The fourth-order valence-corrected chi connectivity index (χ4v) is 2.81. The van der Waals surface area contributed by atoms with E-state index in [-0.39, 0.29) is 4.90 Å². The number of tetrazole rings is 1. The molecule has 0 aliphatic heterocycles. The number of hydrogen-bond acceptors (Lipinski definition) is 7. The highest BCUT2D eigenvalue weighted by molar-refractivity contribution is 7.98. The lowest BCUT2D eigenvalue weighted by Gasteiger charge is -1.94. The lowest BCUT2D eigenvalue weighted by atomic mass is 10.3. The molecule has 0 unspecified atom stereocenters. The predicted molar refractivity (Wildman–Crippen MR) is 69.6 cm³/mol. The maximum atomic E-state index is 11.1. The van der Waals surface area contributed by atoms with Crippen molar-refractivity contribution in [3.8, 4) is 0 Å². The summed E-state index contributed by atoms with van der Waals surface area (Å²) in [6, 6.07) is 4.16. The van der Waals surface area contributed by atoms with Crippen LogP contribution in [-0.2, 0) is 15.9 Å². The average molecular weight is 312 g/mol. The highest BCUT2D eigenvalue weighted by Crippen LogP contribution is 2.23. The molecular formula is C9H8N6O3S2. The van der Waals surface area contributed by atoms with Crippen molar-refractivity contribution >= 4 is 32.9 Å². The largest absolute Gasteiger partial charge is 0.333 e. The third kappa shape index (κ3) is 2.64. The van der Waals surface area contributed by atoms with E-state index in [4.69, 9.17) is 4.55 Å². The fraction of sp³-hybridized carbons (Fsp3) is 0.111. The van der Waals surface area contributed by atoms with Crippen molar-refractivity contribution in [3.63, 3.8) is 0 Å². The van der Waals surface area contributed by atoms with E-state index in [0.29, 0.717) is 27.8 Å². The van der Waals surface area contributed by atoms with Gasteiger partial charge in [0.05, 0.1) is 21.7 Å². The Morgan fingerprint density at radius 3 is 2.90 bits per heavy atom. The van der Waals surface area contributed by atoms with E-state index in [1.807, 2.05) is 0 Å². The van der Waals surface area contributed by atoms with E-state index in [1.165, 1.54) is 23.9 Å². The second-order valence-corrected chi connectivity index (χ2v) is 6.22. The van der Waals surface area contributed by atoms with Gasteiger partial charge in [0.2, 0.25) is 0 Å². The number of thioether (sulfide) groups is 1. The molecule has 0 bridgehead atoms. The van der Waals surface area contributed by atoms with Crippen LogP contribution >= 0.6 is 11.8 Å². The average Bonchev–Trinajstić information content (AvgIpc) is 3.03. The molecule has 2 aromatic heterocycles. The Hall–Kier alpha value is -1.98. The minimum absolute atomic E-state index is 0.188. The van der Waals surface area contributed by atoms with Gasteiger partial charge in [-0.05, 0) is 28.6 Å². The van der Waals surface area contributed by atoms with Crippen molar-refractivity contribution in [1.82, 2.24) is 30.6 Å². The highest BCUT2D eigenvalue weighted by Gasteiger charge is 2.12. The maximum Gasteiger partial charge on any atom is 0.294 e. The van der Waals surface area contributed by atoms with Gasteiger partial charge in [0.1, 0.15) is 0 Å². The summed E-state index contributed by atoms with van der Waals surface area (Å²) in [4.78, 5) is 7.08. The monoisotopic (exact) mass is 312 g/mol. The van der Waals surface area contributed by atoms with Gasteiger partial charge in [-0.2, -0.15) is 8.42 Å². The van der Waals surface area contributed by atoms with Crippen LogP contribution < -0.4 is 0 Å². The SMILES string of the molecule is O=S(=O)(O)c1ccc2[nH]c(SCc3nnn[nH]3)nc2c1. The number of hydrogen-bond donors (Lipinski definition) is 3. The first-order valence-electron chi connectivity index (χ1n) is 5.35. The Labute approximate surface area is 116 Å². The lowest BCUT2D eigenvalue weighted by molar-refractivity contribution is 0.483. The number of H-pyrrole nitrogens is 2. The van der Waals surface area contributed by atoms with Crippen molar-refractivity contribution in [1.29, 1.82) is 0 Å². The number of rotatable bonds is 4. The number of nitrogens with zero attached hydrogens (tertiary/aromatic N) is 4. The molecule has 0 amide bonds. The fourth-order valence-electron chi connectivity index (χ4n) is 1.57. The van der Waals surface area contributed by atoms with Gasteiger partial charge in [0.25, 0.3) is 10.1 Å². The summed E-state index contributed by atoms with van der Waals surface area (Å²) in [5.74, 6) is 1.10. The summed E-state index contributed by atoms with van der Waals surface area (Å²) in [5.41, 5.74) is 1.13. The van der Waals surface area contributed by atoms with Crippen molar-refractivity contribution in [3.05, 3.63) is 24.0 Å². The Bertz CT molecular complexity index is 842. The van der Waals surface area contributed by atoms with E-state index < -0.39 is 10.1 Å². The quantitative estimate of drug-likeness (QED) is 0.470. The summed E-state index contributed by atoms with van der Waals surface area (Å²) in [7, 11) is -4.22. The van der Waals surface area contributed by atoms with E-state index in [1.54, 1.807) is 6.07 Å². The van der Waals surface area contributed by atoms with Crippen molar-refractivity contribution in [2.45, 2.75) is 15.8 Å². The molecule has 20 heavy (non-hydrogen) atoms. The van der Waals surface area contributed by atoms with Gasteiger partial charge < -0.3 is 4.98 Å². The lowest BCUT2D eigenvalue weighted by Crippen LogP contribution is -1.97. The molecule has 0 atom stereocenters. The first kappa shape index (κ1) is 13.0. The molecule has 3 N–H and O–H groups in total. The van der Waals surface area contributed by atoms with Gasteiger partial charge in [0, 0.05) is 0 Å². The maximum absolute atomic E-state index is 11.1. The predicted octanol–water partition coefficient (Wildman–Crippen LogP) is 0.615. The first-order chi connectivity index (χ1) is 9.52. The van der Waals surface area contributed by atoms with Crippen LogP contribution in [0.15, 0.2) is 28.3 Å². The Balaban J connectivity index is 1.87. The van der Waals surface area contributed by atoms with Gasteiger partial charge in [-0.1, -0.05) is 11.8 Å². The molecule has 0 saturated carbocycles. The van der Waals surface area contributed by atoms with Crippen LogP contribution in [0.4, 0.5) is 0 Å². The van der Waals surface area contributed by atoms with Gasteiger partial charge in [-0.3, -0.25) is 4.55 Å². The molecule has 0 aliphatic carbocycles. The van der Waals surface area contributed by atoms with Gasteiger partial charge in [-0.25, -0.2) is 10.1 Å². The molecule has 3 aromatic rings. The van der Waals surface area contributed by atoms with Crippen LogP contribution in [0.5, 0.6) is 0 Å². The number of aromatic amines is 2. The molecule has 9 nitrogen and oxygen atoms in total. The van der Waals surface area contributed by atoms with Crippen LogP contribution in [0.1, 0.15) is 5.82 Å². The topological polar surface area (TPSA) is 138 Å². The highest BCUT2D eigenvalue weighted by atomic mass is 32.2. The molecule has 0 aliphatic rings. The minimum atomic E-state index is -4.22. The van der Waals surface area contributed by atoms with Crippen molar-refractivity contribution in [2.24, 2.45) is 0 Å². The molecule has 1 aromatic carbocycles. The second-order valence-electron chi connectivity index (χ2n) is 3.83. The van der Waals surface area contributed by atoms with Crippen LogP contribution in [-0.4, -0.2) is 43.6 Å². The molecule has 104 valence electrons. The summed E-state index contributed by atoms with van der Waals surface area (Å²) in [6.07, 6.45) is 0. The van der Waals surface area contributed by atoms with Crippen LogP contribution in [0, 0.1) is 0 Å². The summed E-state index contributed by atoms with van der Waals surface area (Å²) < 4.78 is 31.1. The number of nitrogens with one attached hydrogen (secondary N) is 2. The van der Waals surface area contributed by atoms with Gasteiger partial charge >= 0.3 is 0 Å². The molecule has 0 saturated heterocycles. The molecule has 0 spiro atoms. The molecular weight excluding hydrogens is 304 g/mol. The summed E-state index contributed by atoms with van der Waals surface area (Å²) in [5, 5.41) is 13.9. The summed E-state index contributed by atoms with van der Waals surface area (Å²) in [6.45, 7) is 0. The number of fused-ring (bicyclic) bond motifs is 1. The normalized spacial score (nSPS) is 12.1. The summed E-state index contributed by atoms with van der Waals surface area (Å²) >= 11 is 1.36. The second kappa shape index (κ2) is 4.85. The molecule has 0 fully saturated rings. The first-order valence-corrected chi connectivity index (χ1v) is 7.77. The van der Waals surface area contributed by atoms with E-state index in [2.05, 4.69) is 30.6 Å². The van der Waals surface area contributed by atoms with Crippen molar-refractivity contribution < 1.29 is 13.0 Å². The Kier molecular flexibility index (Phi) is 3.16. The Morgan fingerprint density at radius 2 is 2.20 bits per heavy atom. The molecule has 2 heterocycles. The zero-order valence-electron chi connectivity index (χ0n) is 9.81. The number of benzene rings is 1. The smallest absolute Gasteiger partial charge is 0.294 e. The van der Waals surface area contributed by atoms with Gasteiger partial charge in [0.15, 0.2) is 11.0 Å². The van der Waals surface area contributed by atoms with Crippen LogP contribution in [0.2, 0.25) is 0 Å². The van der Waals surface area contributed by atoms with E-state index in [9.17, 15) is 8.42 Å². The van der Waals surface area contributed by atoms with Crippen LogP contribution in [0.25, 0.3) is 11.0 Å². The molecule has 3 rings (SSSR count).